The zero-order chi connectivity index (χ0) is 20.7. The number of likely N-dealkylation sites (tertiary alicyclic amines) is 1. The Morgan fingerprint density at radius 1 is 1.37 bits per heavy atom. The Balaban J connectivity index is 1.35. The van der Waals surface area contributed by atoms with Gasteiger partial charge in [-0.3, -0.25) is 14.5 Å². The van der Waals surface area contributed by atoms with Crippen LogP contribution in [0.5, 0.6) is 0 Å². The van der Waals surface area contributed by atoms with Crippen LogP contribution in [-0.4, -0.2) is 52.0 Å². The maximum Gasteiger partial charge on any atom is 0.255 e. The van der Waals surface area contributed by atoms with Crippen LogP contribution >= 0.6 is 11.3 Å². The Labute approximate surface area is 180 Å². The van der Waals surface area contributed by atoms with Crippen molar-refractivity contribution in [1.29, 1.82) is 0 Å². The van der Waals surface area contributed by atoms with E-state index in [1.807, 2.05) is 4.90 Å². The smallest absolute Gasteiger partial charge is 0.255 e. The van der Waals surface area contributed by atoms with Gasteiger partial charge in [0, 0.05) is 44.1 Å². The number of rotatable bonds is 4. The van der Waals surface area contributed by atoms with Crippen LogP contribution in [0.2, 0.25) is 0 Å². The van der Waals surface area contributed by atoms with Gasteiger partial charge in [-0.05, 0) is 43.2 Å². The summed E-state index contributed by atoms with van der Waals surface area (Å²) in [5, 5.41) is 2.12. The fourth-order valence-electron chi connectivity index (χ4n) is 4.84. The molecule has 5 rings (SSSR count). The Morgan fingerprint density at radius 3 is 3.03 bits per heavy atom. The molecular formula is C22H28N4O3S. The molecule has 0 bridgehead atoms. The van der Waals surface area contributed by atoms with Gasteiger partial charge in [-0.2, -0.15) is 0 Å². The first-order valence-corrected chi connectivity index (χ1v) is 11.7. The molecular weight excluding hydrogens is 400 g/mol. The number of nitrogens with zero attached hydrogens (tertiary/aromatic N) is 3. The van der Waals surface area contributed by atoms with Gasteiger partial charge in [-0.25, -0.2) is 4.98 Å². The summed E-state index contributed by atoms with van der Waals surface area (Å²) in [5.74, 6) is 0.753. The Hall–Kier alpha value is -2.03. The third-order valence-electron chi connectivity index (χ3n) is 6.63. The third kappa shape index (κ3) is 3.72. The Bertz CT molecular complexity index is 995. The fraction of sp³-hybridized carbons (Fsp3) is 0.591. The summed E-state index contributed by atoms with van der Waals surface area (Å²) in [6, 6.07) is 2.02. The molecule has 30 heavy (non-hydrogen) atoms. The molecule has 7 nitrogen and oxygen atoms in total. The van der Waals surface area contributed by atoms with Crippen LogP contribution in [0, 0.1) is 12.8 Å². The lowest BCUT2D eigenvalue weighted by molar-refractivity contribution is -0.136. The maximum atomic E-state index is 12.9. The summed E-state index contributed by atoms with van der Waals surface area (Å²) < 4.78 is 5.40. The molecule has 0 aliphatic carbocycles. The lowest BCUT2D eigenvalue weighted by Crippen LogP contribution is -2.39. The van der Waals surface area contributed by atoms with Crippen LogP contribution in [0.3, 0.4) is 0 Å². The largest absolute Gasteiger partial charge is 0.381 e. The minimum atomic E-state index is -0.122. The van der Waals surface area contributed by atoms with Crippen molar-refractivity contribution in [3.63, 3.8) is 0 Å². The van der Waals surface area contributed by atoms with E-state index in [4.69, 9.17) is 9.72 Å². The van der Waals surface area contributed by atoms with Crippen molar-refractivity contribution in [1.82, 2.24) is 19.8 Å². The summed E-state index contributed by atoms with van der Waals surface area (Å²) in [5.41, 5.74) is 2.94. The molecule has 2 aromatic rings. The van der Waals surface area contributed by atoms with Crippen molar-refractivity contribution in [2.75, 3.05) is 26.3 Å². The molecule has 0 saturated carbocycles. The number of thiophene rings is 1. The highest BCUT2D eigenvalue weighted by atomic mass is 32.1. The van der Waals surface area contributed by atoms with Crippen molar-refractivity contribution in [2.24, 2.45) is 5.92 Å². The second-order valence-corrected chi connectivity index (χ2v) is 9.61. The highest BCUT2D eigenvalue weighted by molar-refractivity contribution is 7.10. The highest BCUT2D eigenvalue weighted by Crippen LogP contribution is 2.33. The molecule has 3 aliphatic rings. The number of fused-ring (bicyclic) bond motifs is 1. The normalized spacial score (nSPS) is 24.4. The summed E-state index contributed by atoms with van der Waals surface area (Å²) >= 11 is 1.77. The Morgan fingerprint density at radius 2 is 2.27 bits per heavy atom. The molecule has 2 aromatic heterocycles. The summed E-state index contributed by atoms with van der Waals surface area (Å²) in [7, 11) is 0. The fourth-order valence-corrected chi connectivity index (χ4v) is 5.79. The van der Waals surface area contributed by atoms with Crippen LogP contribution in [0.25, 0.3) is 0 Å². The van der Waals surface area contributed by atoms with E-state index >= 15 is 0 Å². The van der Waals surface area contributed by atoms with E-state index in [0.717, 1.165) is 56.6 Å². The second kappa shape index (κ2) is 8.24. The number of aromatic nitrogens is 2. The predicted octanol–water partition coefficient (Wildman–Crippen LogP) is 2.40. The minimum Gasteiger partial charge on any atom is -0.381 e. The van der Waals surface area contributed by atoms with E-state index in [0.29, 0.717) is 25.6 Å². The van der Waals surface area contributed by atoms with Crippen LogP contribution in [-0.2, 0) is 29.0 Å². The van der Waals surface area contributed by atoms with Gasteiger partial charge in [-0.15, -0.1) is 11.3 Å². The minimum absolute atomic E-state index is 0.0499. The maximum absolute atomic E-state index is 12.9. The number of carbonyl (C=O) groups excluding carboxylic acids is 1. The van der Waals surface area contributed by atoms with Gasteiger partial charge >= 0.3 is 0 Å². The van der Waals surface area contributed by atoms with E-state index in [1.54, 1.807) is 11.3 Å². The highest BCUT2D eigenvalue weighted by Gasteiger charge is 2.37. The van der Waals surface area contributed by atoms with Gasteiger partial charge in [0.25, 0.3) is 5.56 Å². The van der Waals surface area contributed by atoms with Gasteiger partial charge in [-0.1, -0.05) is 0 Å². The number of carbonyl (C=O) groups is 1. The van der Waals surface area contributed by atoms with Crippen molar-refractivity contribution >= 4 is 17.2 Å². The van der Waals surface area contributed by atoms with Crippen LogP contribution in [0.4, 0.5) is 0 Å². The molecule has 1 N–H and O–H groups in total. The van der Waals surface area contributed by atoms with Crippen molar-refractivity contribution in [3.05, 3.63) is 49.3 Å². The average Bonchev–Trinajstić information content (AvgIpc) is 3.50. The van der Waals surface area contributed by atoms with Crippen LogP contribution in [0.1, 0.15) is 52.8 Å². The lowest BCUT2D eigenvalue weighted by atomic mass is 10.0. The molecule has 5 heterocycles. The number of amides is 1. The summed E-state index contributed by atoms with van der Waals surface area (Å²) in [6.07, 6.45) is 3.35. The number of hydrogen-bond acceptors (Lipinski definition) is 6. The van der Waals surface area contributed by atoms with Crippen molar-refractivity contribution < 1.29 is 9.53 Å². The molecule has 160 valence electrons. The van der Waals surface area contributed by atoms with Gasteiger partial charge in [0.05, 0.1) is 29.8 Å². The number of ether oxygens (including phenoxy) is 1. The first-order chi connectivity index (χ1) is 14.6. The number of nitrogens with one attached hydrogen (secondary N) is 1. The van der Waals surface area contributed by atoms with E-state index in [-0.39, 0.29) is 23.4 Å². The molecule has 2 saturated heterocycles. The third-order valence-corrected chi connectivity index (χ3v) is 7.64. The molecule has 3 aliphatic heterocycles. The van der Waals surface area contributed by atoms with E-state index in [9.17, 15) is 9.59 Å². The van der Waals surface area contributed by atoms with Gasteiger partial charge < -0.3 is 14.6 Å². The van der Waals surface area contributed by atoms with Crippen LogP contribution < -0.4 is 5.56 Å². The number of aromatic amines is 1. The molecule has 8 heteroatoms. The quantitative estimate of drug-likeness (QED) is 0.809. The molecule has 1 amide bonds. The standard InChI is InChI=1S/C22H28N4O3S/c1-14-6-10-30-19(14)12-25-8-4-17-16(11-25)21(27)24-20(23-17)18-3-2-7-26(18)22(28)15-5-9-29-13-15/h6,10,15,18H,2-5,7-9,11-13H2,1H3,(H,23,24,27)/t15-,18+/m1/s1. The number of aryl methyl sites for hydroxylation is 1. The molecule has 0 radical (unpaired) electrons. The van der Waals surface area contributed by atoms with Gasteiger partial charge in [0.15, 0.2) is 0 Å². The summed E-state index contributed by atoms with van der Waals surface area (Å²) in [4.78, 5) is 39.4. The van der Waals surface area contributed by atoms with Gasteiger partial charge in [0.2, 0.25) is 5.91 Å². The average molecular weight is 429 g/mol. The van der Waals surface area contributed by atoms with E-state index in [1.165, 1.54) is 10.4 Å². The zero-order valence-corrected chi connectivity index (χ0v) is 18.2. The van der Waals surface area contributed by atoms with Crippen LogP contribution in [0.15, 0.2) is 16.2 Å². The SMILES string of the molecule is Cc1ccsc1CN1CCc2nc([C@@H]3CCCN3C(=O)[C@@H]3CCOC3)[nH]c(=O)c2C1. The Kier molecular flexibility index (Phi) is 5.47. The van der Waals surface area contributed by atoms with Crippen molar-refractivity contribution in [3.8, 4) is 0 Å². The van der Waals surface area contributed by atoms with Gasteiger partial charge in [0.1, 0.15) is 5.82 Å². The predicted molar refractivity (Wildman–Crippen MR) is 114 cm³/mol. The lowest BCUT2D eigenvalue weighted by Gasteiger charge is -2.29. The first-order valence-electron chi connectivity index (χ1n) is 10.9. The van der Waals surface area contributed by atoms with E-state index < -0.39 is 0 Å². The molecule has 0 aromatic carbocycles. The first kappa shape index (κ1) is 19.9. The second-order valence-electron chi connectivity index (χ2n) is 8.61. The monoisotopic (exact) mass is 428 g/mol. The number of H-pyrrole nitrogens is 1. The molecule has 0 spiro atoms. The molecule has 0 unspecified atom stereocenters. The molecule has 2 atom stereocenters. The topological polar surface area (TPSA) is 78.5 Å². The van der Waals surface area contributed by atoms with E-state index in [2.05, 4.69) is 28.3 Å². The van der Waals surface area contributed by atoms with Crippen molar-refractivity contribution in [2.45, 2.75) is 51.7 Å². The zero-order valence-electron chi connectivity index (χ0n) is 17.4. The number of hydrogen-bond donors (Lipinski definition) is 1. The molecule has 2 fully saturated rings. The summed E-state index contributed by atoms with van der Waals surface area (Å²) in [6.45, 7) is 6.43.